The van der Waals surface area contributed by atoms with Crippen LogP contribution in [0.3, 0.4) is 0 Å². The quantitative estimate of drug-likeness (QED) is 0.933. The molecule has 2 aromatic rings. The number of carbonyl (C=O) groups excluding carboxylic acids is 1. The topological polar surface area (TPSA) is 55.6 Å². The Labute approximate surface area is 138 Å². The summed E-state index contributed by atoms with van der Waals surface area (Å²) in [5.74, 6) is 0.0861. The van der Waals surface area contributed by atoms with E-state index in [2.05, 4.69) is 23.4 Å². The van der Waals surface area contributed by atoms with Gasteiger partial charge in [-0.15, -0.1) is 11.3 Å². The number of thiophene rings is 1. The Morgan fingerprint density at radius 1 is 1.45 bits per heavy atom. The normalized spacial score (nSPS) is 18.5. The van der Waals surface area contributed by atoms with Gasteiger partial charge in [-0.05, 0) is 36.7 Å². The van der Waals surface area contributed by atoms with Crippen molar-refractivity contribution in [3.8, 4) is 5.75 Å². The summed E-state index contributed by atoms with van der Waals surface area (Å²) in [6.07, 6.45) is 0.872. The zero-order valence-electron chi connectivity index (χ0n) is 12.2. The highest BCUT2D eigenvalue weighted by atomic mass is 35.5. The lowest BCUT2D eigenvalue weighted by atomic mass is 10.1. The fourth-order valence-corrected chi connectivity index (χ4v) is 3.84. The van der Waals surface area contributed by atoms with Gasteiger partial charge in [-0.2, -0.15) is 0 Å². The third-order valence-corrected chi connectivity index (χ3v) is 5.02. The second kappa shape index (κ2) is 6.28. The molecule has 1 atom stereocenters. The number of nitrogens with zero attached hydrogens (tertiary/aromatic N) is 1. The Morgan fingerprint density at radius 2 is 2.27 bits per heavy atom. The first-order valence-electron chi connectivity index (χ1n) is 7.05. The maximum Gasteiger partial charge on any atom is 0.248 e. The molecule has 0 saturated heterocycles. The molecule has 2 heterocycles. The Hall–Kier alpha value is -1.56. The fraction of sp³-hybridized carbons (Fsp3) is 0.312. The van der Waals surface area contributed by atoms with Gasteiger partial charge in [-0.25, -0.2) is 0 Å². The number of hydrogen-bond acceptors (Lipinski definition) is 4. The highest BCUT2D eigenvalue weighted by Crippen LogP contribution is 2.36. The zero-order chi connectivity index (χ0) is 15.7. The highest BCUT2D eigenvalue weighted by Gasteiger charge is 2.24. The van der Waals surface area contributed by atoms with Gasteiger partial charge in [0.25, 0.3) is 0 Å². The molecule has 3 rings (SSSR count). The lowest BCUT2D eigenvalue weighted by Gasteiger charge is -2.19. The maximum atomic E-state index is 11.2. The van der Waals surface area contributed by atoms with Crippen LogP contribution < -0.4 is 10.5 Å². The molecule has 22 heavy (non-hydrogen) atoms. The number of ether oxygens (including phenoxy) is 1. The monoisotopic (exact) mass is 336 g/mol. The highest BCUT2D eigenvalue weighted by molar-refractivity contribution is 7.10. The second-order valence-electron chi connectivity index (χ2n) is 5.44. The molecule has 116 valence electrons. The molecular weight excluding hydrogens is 320 g/mol. The standard InChI is InChI=1S/C16H17ClN2O2S/c1-19-6-4-13(11-5-7-22-15(11)9-19)21-14-3-2-10(16(18)20)8-12(14)17/h2-3,5,7-8,13H,4,6,9H2,1H3,(H2,18,20). The second-order valence-corrected chi connectivity index (χ2v) is 6.85. The number of amides is 1. The number of hydrogen-bond donors (Lipinski definition) is 1. The van der Waals surface area contributed by atoms with Gasteiger partial charge in [0, 0.05) is 35.5 Å². The van der Waals surface area contributed by atoms with Crippen LogP contribution in [0, 0.1) is 0 Å². The van der Waals surface area contributed by atoms with Crippen LogP contribution in [0.4, 0.5) is 0 Å². The first-order chi connectivity index (χ1) is 10.5. The van der Waals surface area contributed by atoms with Gasteiger partial charge in [0.15, 0.2) is 0 Å². The molecule has 1 aliphatic heterocycles. The number of benzene rings is 1. The van der Waals surface area contributed by atoms with E-state index in [0.717, 1.165) is 19.5 Å². The van der Waals surface area contributed by atoms with E-state index in [0.29, 0.717) is 16.3 Å². The third-order valence-electron chi connectivity index (χ3n) is 3.80. The number of fused-ring (bicyclic) bond motifs is 1. The maximum absolute atomic E-state index is 11.2. The molecule has 0 bridgehead atoms. The van der Waals surface area contributed by atoms with E-state index in [1.54, 1.807) is 29.5 Å². The summed E-state index contributed by atoms with van der Waals surface area (Å²) in [5.41, 5.74) is 6.87. The minimum Gasteiger partial charge on any atom is -0.484 e. The summed E-state index contributed by atoms with van der Waals surface area (Å²) in [5, 5.41) is 2.50. The number of primary amides is 1. The van der Waals surface area contributed by atoms with Crippen molar-refractivity contribution >= 4 is 28.8 Å². The summed E-state index contributed by atoms with van der Waals surface area (Å²) >= 11 is 7.97. The van der Waals surface area contributed by atoms with E-state index in [-0.39, 0.29) is 6.10 Å². The largest absolute Gasteiger partial charge is 0.484 e. The molecule has 1 aromatic carbocycles. The first kappa shape index (κ1) is 15.3. The average molecular weight is 337 g/mol. The van der Waals surface area contributed by atoms with Gasteiger partial charge in [0.2, 0.25) is 5.91 Å². The third kappa shape index (κ3) is 3.11. The number of halogens is 1. The van der Waals surface area contributed by atoms with Crippen molar-refractivity contribution < 1.29 is 9.53 Å². The van der Waals surface area contributed by atoms with Crippen LogP contribution in [-0.2, 0) is 6.54 Å². The SMILES string of the molecule is CN1CCC(Oc2ccc(C(N)=O)cc2Cl)c2ccsc2C1. The molecule has 4 nitrogen and oxygen atoms in total. The molecule has 0 radical (unpaired) electrons. The van der Waals surface area contributed by atoms with Crippen molar-refractivity contribution in [1.82, 2.24) is 4.90 Å². The molecular formula is C16H17ClN2O2S. The summed E-state index contributed by atoms with van der Waals surface area (Å²) in [6, 6.07) is 7.02. The van der Waals surface area contributed by atoms with Gasteiger partial charge in [-0.1, -0.05) is 11.6 Å². The van der Waals surface area contributed by atoms with E-state index in [4.69, 9.17) is 22.1 Å². The summed E-state index contributed by atoms with van der Waals surface area (Å²) in [6.45, 7) is 1.91. The van der Waals surface area contributed by atoms with Crippen molar-refractivity contribution in [3.63, 3.8) is 0 Å². The molecule has 2 N–H and O–H groups in total. The first-order valence-corrected chi connectivity index (χ1v) is 8.31. The lowest BCUT2D eigenvalue weighted by molar-refractivity contribution is 0.1000. The average Bonchev–Trinajstić information content (AvgIpc) is 2.87. The summed E-state index contributed by atoms with van der Waals surface area (Å²) in [4.78, 5) is 14.8. The predicted octanol–water partition coefficient (Wildman–Crippen LogP) is 3.46. The van der Waals surface area contributed by atoms with E-state index < -0.39 is 5.91 Å². The molecule has 6 heteroatoms. The van der Waals surface area contributed by atoms with E-state index in [9.17, 15) is 4.79 Å². The predicted molar refractivity (Wildman–Crippen MR) is 88.6 cm³/mol. The number of rotatable bonds is 3. The van der Waals surface area contributed by atoms with Gasteiger partial charge in [-0.3, -0.25) is 4.79 Å². The number of carbonyl (C=O) groups is 1. The van der Waals surface area contributed by atoms with Crippen molar-refractivity contribution in [3.05, 3.63) is 50.7 Å². The zero-order valence-corrected chi connectivity index (χ0v) is 13.8. The van der Waals surface area contributed by atoms with Crippen LogP contribution >= 0.6 is 22.9 Å². The van der Waals surface area contributed by atoms with Gasteiger partial charge >= 0.3 is 0 Å². The van der Waals surface area contributed by atoms with Crippen LogP contribution in [-0.4, -0.2) is 24.4 Å². The Morgan fingerprint density at radius 3 is 3.00 bits per heavy atom. The summed E-state index contributed by atoms with van der Waals surface area (Å²) in [7, 11) is 2.11. The van der Waals surface area contributed by atoms with Gasteiger partial charge in [0.1, 0.15) is 11.9 Å². The van der Waals surface area contributed by atoms with Crippen LogP contribution in [0.2, 0.25) is 5.02 Å². The van der Waals surface area contributed by atoms with Crippen molar-refractivity contribution in [2.24, 2.45) is 5.73 Å². The minimum atomic E-state index is -0.496. The van der Waals surface area contributed by atoms with Crippen LogP contribution in [0.1, 0.15) is 33.3 Å². The summed E-state index contributed by atoms with van der Waals surface area (Å²) < 4.78 is 6.13. The molecule has 1 unspecified atom stereocenters. The fourth-order valence-electron chi connectivity index (χ4n) is 2.61. The Kier molecular flexibility index (Phi) is 4.38. The van der Waals surface area contributed by atoms with Gasteiger partial charge in [0.05, 0.1) is 5.02 Å². The minimum absolute atomic E-state index is 0.0249. The molecule has 0 fully saturated rings. The van der Waals surface area contributed by atoms with Crippen LogP contribution in [0.25, 0.3) is 0 Å². The van der Waals surface area contributed by atoms with Crippen LogP contribution in [0.5, 0.6) is 5.75 Å². The lowest BCUT2D eigenvalue weighted by Crippen LogP contribution is -2.18. The molecule has 0 aliphatic carbocycles. The smallest absolute Gasteiger partial charge is 0.248 e. The van der Waals surface area contributed by atoms with Crippen molar-refractivity contribution in [2.45, 2.75) is 19.1 Å². The Balaban J connectivity index is 1.86. The van der Waals surface area contributed by atoms with Crippen LogP contribution in [0.15, 0.2) is 29.6 Å². The Bertz CT molecular complexity index is 701. The van der Waals surface area contributed by atoms with Crippen molar-refractivity contribution in [1.29, 1.82) is 0 Å². The van der Waals surface area contributed by atoms with Gasteiger partial charge < -0.3 is 15.4 Å². The number of nitrogens with two attached hydrogens (primary N) is 1. The molecule has 0 saturated carbocycles. The van der Waals surface area contributed by atoms with E-state index in [1.165, 1.54) is 10.4 Å². The molecule has 1 aliphatic rings. The molecule has 0 spiro atoms. The van der Waals surface area contributed by atoms with Crippen molar-refractivity contribution in [2.75, 3.05) is 13.6 Å². The molecule has 1 aromatic heterocycles. The van der Waals surface area contributed by atoms with E-state index in [1.807, 2.05) is 0 Å². The molecule has 1 amide bonds. The van der Waals surface area contributed by atoms with E-state index >= 15 is 0 Å².